The largest absolute Gasteiger partial charge is 0.382 e. The van der Waals surface area contributed by atoms with Crippen LogP contribution >= 0.6 is 0 Å². The molecule has 0 aliphatic carbocycles. The number of likely N-dealkylation sites (tertiary alicyclic amines) is 2. The zero-order chi connectivity index (χ0) is 19.6. The molecule has 2 saturated heterocycles. The highest BCUT2D eigenvalue weighted by molar-refractivity contribution is 5.80. The third-order valence-corrected chi connectivity index (χ3v) is 5.80. The summed E-state index contributed by atoms with van der Waals surface area (Å²) in [6, 6.07) is 11.3. The van der Waals surface area contributed by atoms with Gasteiger partial charge in [0.25, 0.3) is 0 Å². The monoisotopic (exact) mass is 388 g/mol. The van der Waals surface area contributed by atoms with Crippen LogP contribution in [0.4, 0.5) is 0 Å². The van der Waals surface area contributed by atoms with Gasteiger partial charge in [0.2, 0.25) is 0 Å². The number of aliphatic imine (C=N–C) groups is 1. The van der Waals surface area contributed by atoms with Gasteiger partial charge in [-0.1, -0.05) is 30.3 Å². The third kappa shape index (κ3) is 5.93. The van der Waals surface area contributed by atoms with Gasteiger partial charge in [0.15, 0.2) is 5.96 Å². The van der Waals surface area contributed by atoms with E-state index in [0.717, 1.165) is 38.6 Å². The van der Waals surface area contributed by atoms with Crippen molar-refractivity contribution >= 4 is 5.96 Å². The molecule has 2 heterocycles. The summed E-state index contributed by atoms with van der Waals surface area (Å²) in [5.74, 6) is 1.58. The van der Waals surface area contributed by atoms with Crippen LogP contribution < -0.4 is 5.32 Å². The molecule has 6 nitrogen and oxygen atoms in total. The molecule has 0 aromatic heterocycles. The molecule has 6 heteroatoms. The first-order valence-corrected chi connectivity index (χ1v) is 10.6. The average molecular weight is 389 g/mol. The fourth-order valence-electron chi connectivity index (χ4n) is 4.26. The number of hydrogen-bond acceptors (Lipinski definition) is 4. The fraction of sp³-hybridized carbons (Fsp3) is 0.682. The van der Waals surface area contributed by atoms with E-state index in [9.17, 15) is 0 Å². The lowest BCUT2D eigenvalue weighted by atomic mass is 10.1. The number of hydrogen-bond donors (Lipinski definition) is 1. The molecule has 1 N–H and O–H groups in total. The van der Waals surface area contributed by atoms with Crippen LogP contribution in [0.15, 0.2) is 35.3 Å². The van der Waals surface area contributed by atoms with Gasteiger partial charge >= 0.3 is 0 Å². The lowest BCUT2D eigenvalue weighted by molar-refractivity contribution is 0.0536. The van der Waals surface area contributed by atoms with Gasteiger partial charge in [-0.05, 0) is 37.9 Å². The van der Waals surface area contributed by atoms with E-state index in [1.807, 2.05) is 7.05 Å². The maximum atomic E-state index is 5.72. The molecule has 0 spiro atoms. The Balaban J connectivity index is 1.52. The van der Waals surface area contributed by atoms with Crippen LogP contribution in [-0.4, -0.2) is 82.5 Å². The van der Waals surface area contributed by atoms with E-state index >= 15 is 0 Å². The average Bonchev–Trinajstić information content (AvgIpc) is 3.42. The Bertz CT molecular complexity index is 589. The van der Waals surface area contributed by atoms with Crippen LogP contribution in [-0.2, 0) is 9.47 Å². The summed E-state index contributed by atoms with van der Waals surface area (Å²) in [5, 5.41) is 3.66. The highest BCUT2D eigenvalue weighted by atomic mass is 16.5. The topological polar surface area (TPSA) is 49.3 Å². The second-order valence-electron chi connectivity index (χ2n) is 7.77. The maximum absolute atomic E-state index is 5.72. The van der Waals surface area contributed by atoms with Crippen molar-refractivity contribution in [2.45, 2.75) is 25.3 Å². The van der Waals surface area contributed by atoms with Gasteiger partial charge in [-0.2, -0.15) is 0 Å². The van der Waals surface area contributed by atoms with E-state index in [4.69, 9.17) is 9.47 Å². The molecule has 0 radical (unpaired) electrons. The molecule has 0 bridgehead atoms. The van der Waals surface area contributed by atoms with Crippen molar-refractivity contribution in [1.82, 2.24) is 15.1 Å². The van der Waals surface area contributed by atoms with Gasteiger partial charge in [-0.3, -0.25) is 9.89 Å². The van der Waals surface area contributed by atoms with Crippen molar-refractivity contribution in [2.24, 2.45) is 10.9 Å². The summed E-state index contributed by atoms with van der Waals surface area (Å²) in [4.78, 5) is 9.53. The van der Waals surface area contributed by atoms with Gasteiger partial charge in [-0.15, -0.1) is 0 Å². The van der Waals surface area contributed by atoms with Crippen molar-refractivity contribution in [3.05, 3.63) is 35.9 Å². The number of nitrogens with one attached hydrogen (secondary N) is 1. The molecular formula is C22H36N4O2. The lowest BCUT2D eigenvalue weighted by Gasteiger charge is -2.30. The second kappa shape index (κ2) is 11.4. The van der Waals surface area contributed by atoms with E-state index < -0.39 is 0 Å². The first-order valence-electron chi connectivity index (χ1n) is 10.6. The summed E-state index contributed by atoms with van der Waals surface area (Å²) in [5.41, 5.74) is 1.39. The molecule has 1 aromatic rings. The first-order chi connectivity index (χ1) is 13.8. The normalized spacial score (nSPS) is 22.0. The van der Waals surface area contributed by atoms with Crippen molar-refractivity contribution in [3.8, 4) is 0 Å². The van der Waals surface area contributed by atoms with Gasteiger partial charge in [0, 0.05) is 39.7 Å². The number of methoxy groups -OCH3 is 1. The molecule has 2 aliphatic heterocycles. The summed E-state index contributed by atoms with van der Waals surface area (Å²) >= 11 is 0. The Morgan fingerprint density at radius 1 is 1.18 bits per heavy atom. The van der Waals surface area contributed by atoms with Crippen LogP contribution in [0.5, 0.6) is 0 Å². The van der Waals surface area contributed by atoms with E-state index in [-0.39, 0.29) is 0 Å². The Morgan fingerprint density at radius 3 is 2.68 bits per heavy atom. The lowest BCUT2D eigenvalue weighted by Crippen LogP contribution is -2.44. The van der Waals surface area contributed by atoms with Crippen molar-refractivity contribution in [1.29, 1.82) is 0 Å². The molecule has 156 valence electrons. The summed E-state index contributed by atoms with van der Waals surface area (Å²) in [7, 11) is 3.60. The van der Waals surface area contributed by atoms with E-state index in [1.54, 1.807) is 7.11 Å². The summed E-state index contributed by atoms with van der Waals surface area (Å²) < 4.78 is 10.8. The van der Waals surface area contributed by atoms with E-state index in [0.29, 0.717) is 25.2 Å². The van der Waals surface area contributed by atoms with Crippen molar-refractivity contribution in [2.75, 3.05) is 66.7 Å². The van der Waals surface area contributed by atoms with Gasteiger partial charge in [-0.25, -0.2) is 0 Å². The van der Waals surface area contributed by atoms with Gasteiger partial charge in [0.1, 0.15) is 0 Å². The Hall–Kier alpha value is -1.63. The minimum absolute atomic E-state index is 0.399. The highest BCUT2D eigenvalue weighted by Gasteiger charge is 2.27. The summed E-state index contributed by atoms with van der Waals surface area (Å²) in [6.45, 7) is 7.45. The number of benzene rings is 1. The SMILES string of the molecule is CN=C(NCC(c1ccccc1)N1CCCC1)N1CCC(COCCOC)C1. The van der Waals surface area contributed by atoms with Gasteiger partial charge < -0.3 is 19.7 Å². The zero-order valence-corrected chi connectivity index (χ0v) is 17.5. The zero-order valence-electron chi connectivity index (χ0n) is 17.5. The highest BCUT2D eigenvalue weighted by Crippen LogP contribution is 2.24. The minimum atomic E-state index is 0.399. The smallest absolute Gasteiger partial charge is 0.193 e. The van der Waals surface area contributed by atoms with Crippen molar-refractivity contribution < 1.29 is 9.47 Å². The number of rotatable bonds is 9. The van der Waals surface area contributed by atoms with Crippen LogP contribution in [0.2, 0.25) is 0 Å². The minimum Gasteiger partial charge on any atom is -0.382 e. The van der Waals surface area contributed by atoms with E-state index in [1.165, 1.54) is 31.5 Å². The molecule has 2 fully saturated rings. The van der Waals surface area contributed by atoms with Gasteiger partial charge in [0.05, 0.1) is 25.9 Å². The molecule has 28 heavy (non-hydrogen) atoms. The molecule has 0 amide bonds. The molecular weight excluding hydrogens is 352 g/mol. The first kappa shape index (κ1) is 21.1. The molecule has 2 aliphatic rings. The molecule has 0 saturated carbocycles. The van der Waals surface area contributed by atoms with E-state index in [2.05, 4.69) is 50.4 Å². The van der Waals surface area contributed by atoms with Crippen LogP contribution in [0.3, 0.4) is 0 Å². The van der Waals surface area contributed by atoms with Crippen LogP contribution in [0.25, 0.3) is 0 Å². The Kier molecular flexibility index (Phi) is 8.58. The molecule has 2 atom stereocenters. The Labute approximate surface area is 169 Å². The quantitative estimate of drug-likeness (QED) is 0.400. The standard InChI is InChI=1S/C22H36N4O2/c1-23-22(26-13-10-19(17-26)18-28-15-14-27-2)24-16-21(25-11-6-7-12-25)20-8-4-3-5-9-20/h3-5,8-9,19,21H,6-7,10-18H2,1-2H3,(H,23,24). The predicted molar refractivity (Wildman–Crippen MR) is 114 cm³/mol. The van der Waals surface area contributed by atoms with Crippen LogP contribution in [0.1, 0.15) is 30.9 Å². The number of ether oxygens (including phenoxy) is 2. The van der Waals surface area contributed by atoms with Crippen molar-refractivity contribution in [3.63, 3.8) is 0 Å². The number of nitrogens with zero attached hydrogens (tertiary/aromatic N) is 3. The Morgan fingerprint density at radius 2 is 1.96 bits per heavy atom. The van der Waals surface area contributed by atoms with Crippen LogP contribution in [0, 0.1) is 5.92 Å². The second-order valence-corrected chi connectivity index (χ2v) is 7.77. The third-order valence-electron chi connectivity index (χ3n) is 5.80. The number of guanidine groups is 1. The molecule has 3 rings (SSSR count). The maximum Gasteiger partial charge on any atom is 0.193 e. The molecule has 1 aromatic carbocycles. The summed E-state index contributed by atoms with van der Waals surface area (Å²) in [6.07, 6.45) is 3.76. The molecule has 2 unspecified atom stereocenters. The predicted octanol–water partition coefficient (Wildman–Crippen LogP) is 2.38. The fourth-order valence-corrected chi connectivity index (χ4v) is 4.26.